The van der Waals surface area contributed by atoms with Gasteiger partial charge >= 0.3 is 0 Å². The molecule has 8 heteroatoms. The molecule has 1 heterocycles. The third-order valence-corrected chi connectivity index (χ3v) is 6.85. The Morgan fingerprint density at radius 2 is 1.70 bits per heavy atom. The van der Waals surface area contributed by atoms with Crippen molar-refractivity contribution >= 4 is 45.7 Å². The Morgan fingerprint density at radius 1 is 1.00 bits per heavy atom. The fourth-order valence-electron chi connectivity index (χ4n) is 3.41. The number of aromatic nitrogens is 3. The molecule has 170 valence electrons. The van der Waals surface area contributed by atoms with Crippen molar-refractivity contribution in [2.24, 2.45) is 0 Å². The van der Waals surface area contributed by atoms with Crippen molar-refractivity contribution in [2.45, 2.75) is 30.3 Å². The van der Waals surface area contributed by atoms with E-state index in [2.05, 4.69) is 33.4 Å². The van der Waals surface area contributed by atoms with E-state index >= 15 is 0 Å². The average Bonchev–Trinajstić information content (AvgIpc) is 3.22. The zero-order chi connectivity index (χ0) is 23.5. The summed E-state index contributed by atoms with van der Waals surface area (Å²) in [6.45, 7) is 3.94. The van der Waals surface area contributed by atoms with Gasteiger partial charge in [-0.3, -0.25) is 14.3 Å². The minimum absolute atomic E-state index is 0.0317. The van der Waals surface area contributed by atoms with Crippen LogP contribution in [0.25, 0.3) is 16.5 Å². The van der Waals surface area contributed by atoms with Gasteiger partial charge in [0.2, 0.25) is 5.91 Å². The lowest BCUT2D eigenvalue weighted by molar-refractivity contribution is -0.115. The minimum Gasteiger partial charge on any atom is -0.325 e. The number of thioether (sulfide) groups is 1. The molecular weight excluding hydrogens is 454 g/mol. The molecule has 6 nitrogen and oxygen atoms in total. The van der Waals surface area contributed by atoms with Gasteiger partial charge in [-0.05, 0) is 75.1 Å². The molecule has 3 aromatic carbocycles. The van der Waals surface area contributed by atoms with E-state index in [4.69, 9.17) is 11.6 Å². The summed E-state index contributed by atoms with van der Waals surface area (Å²) in [6.07, 6.45) is 0. The maximum atomic E-state index is 13.0. The summed E-state index contributed by atoms with van der Waals surface area (Å²) in [6, 6.07) is 21.6. The molecule has 0 radical (unpaired) electrons. The highest BCUT2D eigenvalue weighted by atomic mass is 35.5. The van der Waals surface area contributed by atoms with Gasteiger partial charge in [-0.1, -0.05) is 53.7 Å². The number of nitrogens with one attached hydrogen (secondary N) is 1. The van der Waals surface area contributed by atoms with E-state index in [-0.39, 0.29) is 17.2 Å². The number of halogens is 1. The van der Waals surface area contributed by atoms with Crippen LogP contribution in [0.3, 0.4) is 0 Å². The van der Waals surface area contributed by atoms with E-state index in [0.717, 1.165) is 28.0 Å². The molecule has 0 saturated carbocycles. The van der Waals surface area contributed by atoms with E-state index < -0.39 is 0 Å². The van der Waals surface area contributed by atoms with Crippen LogP contribution in [0.1, 0.15) is 25.7 Å². The molecule has 4 aromatic rings. The van der Waals surface area contributed by atoms with E-state index in [1.165, 1.54) is 11.8 Å². The number of amides is 1. The lowest BCUT2D eigenvalue weighted by Gasteiger charge is -2.21. The maximum absolute atomic E-state index is 13.0. The Bertz CT molecular complexity index is 1270. The molecule has 1 N–H and O–H groups in total. The topological polar surface area (TPSA) is 63.1 Å². The number of carbonyl (C=O) groups excluding carboxylic acids is 1. The largest absolute Gasteiger partial charge is 0.325 e. The first kappa shape index (κ1) is 23.3. The van der Waals surface area contributed by atoms with Crippen LogP contribution in [0, 0.1) is 0 Å². The highest BCUT2D eigenvalue weighted by molar-refractivity contribution is 8.00. The summed E-state index contributed by atoms with van der Waals surface area (Å²) in [5.41, 5.74) is 1.67. The highest BCUT2D eigenvalue weighted by Crippen LogP contribution is 2.30. The number of nitrogens with zero attached hydrogens (tertiary/aromatic N) is 4. The SMILES string of the molecule is CC(Sc1nnc(C(C)N(C)C)n1-c1ccc(Cl)cc1)C(=O)Nc1ccc2ccccc2c1. The van der Waals surface area contributed by atoms with Crippen LogP contribution in [0.4, 0.5) is 5.69 Å². The van der Waals surface area contributed by atoms with Crippen LogP contribution in [0.2, 0.25) is 5.02 Å². The van der Waals surface area contributed by atoms with E-state index in [1.54, 1.807) is 0 Å². The van der Waals surface area contributed by atoms with E-state index in [9.17, 15) is 4.79 Å². The van der Waals surface area contributed by atoms with Gasteiger partial charge in [0, 0.05) is 16.4 Å². The zero-order valence-electron chi connectivity index (χ0n) is 19.0. The van der Waals surface area contributed by atoms with E-state index in [1.807, 2.05) is 86.2 Å². The minimum atomic E-state index is -0.380. The quantitative estimate of drug-likeness (QED) is 0.338. The number of hydrogen-bond donors (Lipinski definition) is 1. The van der Waals surface area contributed by atoms with Gasteiger partial charge < -0.3 is 5.32 Å². The fraction of sp³-hybridized carbons (Fsp3) is 0.240. The van der Waals surface area contributed by atoms with Gasteiger partial charge in [-0.15, -0.1) is 10.2 Å². The molecule has 2 atom stereocenters. The Morgan fingerprint density at radius 3 is 2.39 bits per heavy atom. The number of carbonyl (C=O) groups is 1. The second-order valence-electron chi connectivity index (χ2n) is 8.10. The molecule has 0 fully saturated rings. The molecule has 0 spiro atoms. The summed E-state index contributed by atoms with van der Waals surface area (Å²) in [5, 5.41) is 15.1. The summed E-state index contributed by atoms with van der Waals surface area (Å²) < 4.78 is 1.99. The molecule has 2 unspecified atom stereocenters. The van der Waals surface area contributed by atoms with Crippen molar-refractivity contribution in [1.82, 2.24) is 19.7 Å². The van der Waals surface area contributed by atoms with E-state index in [0.29, 0.717) is 10.2 Å². The molecule has 0 saturated heterocycles. The van der Waals surface area contributed by atoms with Crippen molar-refractivity contribution in [3.8, 4) is 5.69 Å². The molecule has 0 aliphatic heterocycles. The summed E-state index contributed by atoms with van der Waals surface area (Å²) >= 11 is 7.47. The molecular formula is C25H26ClN5OS. The van der Waals surface area contributed by atoms with Gasteiger partial charge in [0.15, 0.2) is 11.0 Å². The number of anilines is 1. The molecule has 1 amide bonds. The number of benzene rings is 3. The average molecular weight is 480 g/mol. The Kier molecular flexibility index (Phi) is 7.02. The molecule has 0 bridgehead atoms. The predicted octanol–water partition coefficient (Wildman–Crippen LogP) is 5.82. The third-order valence-electron chi connectivity index (χ3n) is 5.56. The van der Waals surface area contributed by atoms with Crippen molar-refractivity contribution in [2.75, 3.05) is 19.4 Å². The Hall–Kier alpha value is -2.87. The summed E-state index contributed by atoms with van der Waals surface area (Å²) in [4.78, 5) is 15.0. The number of rotatable bonds is 7. The van der Waals surface area contributed by atoms with Gasteiger partial charge in [0.1, 0.15) is 0 Å². The van der Waals surface area contributed by atoms with Crippen LogP contribution in [0.15, 0.2) is 71.9 Å². The van der Waals surface area contributed by atoms with Gasteiger partial charge in [-0.2, -0.15) is 0 Å². The second-order valence-corrected chi connectivity index (χ2v) is 9.85. The van der Waals surface area contributed by atoms with Crippen molar-refractivity contribution in [3.63, 3.8) is 0 Å². The van der Waals surface area contributed by atoms with Gasteiger partial charge in [0.25, 0.3) is 0 Å². The fourth-order valence-corrected chi connectivity index (χ4v) is 4.42. The monoisotopic (exact) mass is 479 g/mol. The first-order valence-electron chi connectivity index (χ1n) is 10.7. The molecule has 4 rings (SSSR count). The first-order chi connectivity index (χ1) is 15.8. The molecule has 1 aromatic heterocycles. The lowest BCUT2D eigenvalue weighted by atomic mass is 10.1. The maximum Gasteiger partial charge on any atom is 0.237 e. The standard InChI is InChI=1S/C25H26ClN5OS/c1-16(30(3)4)23-28-29-25(31(23)22-13-10-20(26)11-14-22)33-17(2)24(32)27-21-12-9-18-7-5-6-8-19(18)15-21/h5-17H,1-4H3,(H,27,32). The van der Waals surface area contributed by atoms with Crippen molar-refractivity contribution < 1.29 is 4.79 Å². The lowest BCUT2D eigenvalue weighted by Crippen LogP contribution is -2.23. The molecule has 0 aliphatic rings. The van der Waals surface area contributed by atoms with Gasteiger partial charge in [0.05, 0.1) is 11.3 Å². The predicted molar refractivity (Wildman–Crippen MR) is 136 cm³/mol. The van der Waals surface area contributed by atoms with Crippen LogP contribution >= 0.6 is 23.4 Å². The second kappa shape index (κ2) is 9.95. The first-order valence-corrected chi connectivity index (χ1v) is 11.9. The van der Waals surface area contributed by atoms with Gasteiger partial charge in [-0.25, -0.2) is 0 Å². The van der Waals surface area contributed by atoms with Crippen molar-refractivity contribution in [1.29, 1.82) is 0 Å². The number of fused-ring (bicyclic) bond motifs is 1. The van der Waals surface area contributed by atoms with Crippen molar-refractivity contribution in [3.05, 3.63) is 77.6 Å². The van der Waals surface area contributed by atoms with Crippen LogP contribution < -0.4 is 5.32 Å². The molecule has 0 aliphatic carbocycles. The smallest absolute Gasteiger partial charge is 0.237 e. The third kappa shape index (κ3) is 5.21. The van der Waals surface area contributed by atoms with Crippen LogP contribution in [-0.2, 0) is 4.79 Å². The summed E-state index contributed by atoms with van der Waals surface area (Å²) in [7, 11) is 4.00. The normalized spacial score (nSPS) is 13.3. The Labute approximate surface area is 203 Å². The van der Waals surface area contributed by atoms with Crippen LogP contribution in [0.5, 0.6) is 0 Å². The Balaban J connectivity index is 1.58. The highest BCUT2D eigenvalue weighted by Gasteiger charge is 2.24. The zero-order valence-corrected chi connectivity index (χ0v) is 20.6. The summed E-state index contributed by atoms with van der Waals surface area (Å²) in [5.74, 6) is 0.704. The number of hydrogen-bond acceptors (Lipinski definition) is 5. The van der Waals surface area contributed by atoms with Crippen LogP contribution in [-0.4, -0.2) is 44.9 Å². The molecule has 33 heavy (non-hydrogen) atoms.